The molecule has 130 valence electrons. The molecule has 0 spiro atoms. The maximum atomic E-state index is 14.0. The van der Waals surface area contributed by atoms with Gasteiger partial charge in [0.15, 0.2) is 0 Å². The number of amides is 2. The maximum Gasteiger partial charge on any atom is 0.335 e. The van der Waals surface area contributed by atoms with Crippen LogP contribution in [0.1, 0.15) is 47.4 Å². The van der Waals surface area contributed by atoms with Gasteiger partial charge in [-0.15, -0.1) is 0 Å². The molecule has 1 aliphatic rings. The van der Waals surface area contributed by atoms with E-state index in [0.29, 0.717) is 25.9 Å². The molecule has 1 aromatic carbocycles. The predicted molar refractivity (Wildman–Crippen MR) is 85.3 cm³/mol. The van der Waals surface area contributed by atoms with E-state index in [1.54, 1.807) is 0 Å². The number of benzene rings is 1. The van der Waals surface area contributed by atoms with Gasteiger partial charge in [-0.3, -0.25) is 9.59 Å². The van der Waals surface area contributed by atoms with Crippen molar-refractivity contribution < 1.29 is 23.9 Å². The highest BCUT2D eigenvalue weighted by atomic mass is 19.1. The van der Waals surface area contributed by atoms with Crippen molar-refractivity contribution in [1.82, 2.24) is 10.2 Å². The molecule has 1 saturated heterocycles. The second kappa shape index (κ2) is 7.42. The zero-order valence-electron chi connectivity index (χ0n) is 13.7. The van der Waals surface area contributed by atoms with Crippen molar-refractivity contribution in [2.45, 2.75) is 32.7 Å². The lowest BCUT2D eigenvalue weighted by atomic mass is 10.0. The van der Waals surface area contributed by atoms with E-state index in [4.69, 9.17) is 5.11 Å². The number of aromatic carboxylic acids is 1. The van der Waals surface area contributed by atoms with E-state index in [1.165, 1.54) is 17.0 Å². The van der Waals surface area contributed by atoms with Crippen LogP contribution >= 0.6 is 0 Å². The van der Waals surface area contributed by atoms with Crippen LogP contribution < -0.4 is 5.32 Å². The van der Waals surface area contributed by atoms with Crippen LogP contribution in [0.4, 0.5) is 4.39 Å². The summed E-state index contributed by atoms with van der Waals surface area (Å²) in [4.78, 5) is 36.4. The van der Waals surface area contributed by atoms with Gasteiger partial charge < -0.3 is 15.3 Å². The Morgan fingerprint density at radius 3 is 2.38 bits per heavy atom. The minimum absolute atomic E-state index is 0.0168. The summed E-state index contributed by atoms with van der Waals surface area (Å²) in [6.45, 7) is 4.47. The van der Waals surface area contributed by atoms with Crippen LogP contribution in [0.5, 0.6) is 0 Å². The van der Waals surface area contributed by atoms with Crippen LogP contribution in [0.25, 0.3) is 0 Å². The molecule has 0 bridgehead atoms. The highest BCUT2D eigenvalue weighted by Gasteiger charge is 2.26. The minimum atomic E-state index is -1.24. The van der Waals surface area contributed by atoms with E-state index >= 15 is 0 Å². The normalized spacial score (nSPS) is 15.4. The number of carbonyl (C=O) groups excluding carboxylic acids is 2. The van der Waals surface area contributed by atoms with Gasteiger partial charge >= 0.3 is 5.97 Å². The summed E-state index contributed by atoms with van der Waals surface area (Å²) < 4.78 is 14.0. The number of nitrogens with zero attached hydrogens (tertiary/aromatic N) is 1. The third kappa shape index (κ3) is 4.10. The number of nitrogens with one attached hydrogen (secondary N) is 1. The van der Waals surface area contributed by atoms with Crippen molar-refractivity contribution in [2.75, 3.05) is 13.1 Å². The summed E-state index contributed by atoms with van der Waals surface area (Å²) in [5.74, 6) is -2.65. The van der Waals surface area contributed by atoms with Crippen molar-refractivity contribution in [3.8, 4) is 0 Å². The quantitative estimate of drug-likeness (QED) is 0.879. The molecule has 0 radical (unpaired) electrons. The topological polar surface area (TPSA) is 86.7 Å². The van der Waals surface area contributed by atoms with Gasteiger partial charge in [-0.2, -0.15) is 0 Å². The summed E-state index contributed by atoms with van der Waals surface area (Å²) in [6, 6.07) is 3.29. The standard InChI is InChI=1S/C17H21FN2O4/c1-10(2)15(21)19-12-5-7-20(8-6-12)16(22)13-4-3-11(17(23)24)9-14(13)18/h3-4,9-10,12H,5-8H2,1-2H3,(H,19,21)(H,23,24). The molecular weight excluding hydrogens is 315 g/mol. The van der Waals surface area contributed by atoms with Gasteiger partial charge in [-0.05, 0) is 31.0 Å². The summed E-state index contributed by atoms with van der Waals surface area (Å²) in [5, 5.41) is 11.8. The second-order valence-corrected chi connectivity index (χ2v) is 6.23. The summed E-state index contributed by atoms with van der Waals surface area (Å²) >= 11 is 0. The summed E-state index contributed by atoms with van der Waals surface area (Å²) in [5.41, 5.74) is -0.330. The largest absolute Gasteiger partial charge is 0.478 e. The van der Waals surface area contributed by atoms with Crippen LogP contribution in [0.15, 0.2) is 18.2 Å². The fourth-order valence-electron chi connectivity index (χ4n) is 2.59. The Morgan fingerprint density at radius 1 is 1.25 bits per heavy atom. The average molecular weight is 336 g/mol. The first-order chi connectivity index (χ1) is 11.3. The number of hydrogen-bond donors (Lipinski definition) is 2. The Labute approximate surface area is 139 Å². The molecule has 1 aliphatic heterocycles. The fourth-order valence-corrected chi connectivity index (χ4v) is 2.59. The number of halogens is 1. The molecule has 0 atom stereocenters. The van der Waals surface area contributed by atoms with Gasteiger partial charge in [0.1, 0.15) is 5.82 Å². The molecule has 2 N–H and O–H groups in total. The molecular formula is C17H21FN2O4. The third-order valence-corrected chi connectivity index (χ3v) is 4.10. The number of piperidine rings is 1. The number of carboxylic acid groups (broad SMARTS) is 1. The molecule has 1 aromatic rings. The number of rotatable bonds is 4. The van der Waals surface area contributed by atoms with E-state index in [-0.39, 0.29) is 29.0 Å². The number of likely N-dealkylation sites (tertiary alicyclic amines) is 1. The van der Waals surface area contributed by atoms with Crippen molar-refractivity contribution >= 4 is 17.8 Å². The molecule has 6 nitrogen and oxygen atoms in total. The Balaban J connectivity index is 1.98. The average Bonchev–Trinajstić information content (AvgIpc) is 2.54. The van der Waals surface area contributed by atoms with Crippen molar-refractivity contribution in [3.63, 3.8) is 0 Å². The lowest BCUT2D eigenvalue weighted by Gasteiger charge is -2.32. The molecule has 1 fully saturated rings. The Hall–Kier alpha value is -2.44. The molecule has 2 rings (SSSR count). The van der Waals surface area contributed by atoms with Crippen LogP contribution in [-0.4, -0.2) is 46.9 Å². The van der Waals surface area contributed by atoms with Gasteiger partial charge in [0, 0.05) is 25.0 Å². The van der Waals surface area contributed by atoms with Crippen LogP contribution in [-0.2, 0) is 4.79 Å². The zero-order valence-corrected chi connectivity index (χ0v) is 13.7. The highest BCUT2D eigenvalue weighted by Crippen LogP contribution is 2.17. The van der Waals surface area contributed by atoms with Crippen LogP contribution in [0.2, 0.25) is 0 Å². The lowest BCUT2D eigenvalue weighted by molar-refractivity contribution is -0.124. The first-order valence-corrected chi connectivity index (χ1v) is 7.92. The first-order valence-electron chi connectivity index (χ1n) is 7.92. The predicted octanol–water partition coefficient (Wildman–Crippen LogP) is 1.90. The first kappa shape index (κ1) is 17.9. The molecule has 2 amide bonds. The van der Waals surface area contributed by atoms with Crippen LogP contribution in [0, 0.1) is 11.7 Å². The van der Waals surface area contributed by atoms with E-state index in [0.717, 1.165) is 6.07 Å². The third-order valence-electron chi connectivity index (χ3n) is 4.10. The van der Waals surface area contributed by atoms with E-state index in [1.807, 2.05) is 13.8 Å². The van der Waals surface area contributed by atoms with E-state index in [2.05, 4.69) is 5.32 Å². The number of carbonyl (C=O) groups is 3. The monoisotopic (exact) mass is 336 g/mol. The number of hydrogen-bond acceptors (Lipinski definition) is 3. The zero-order chi connectivity index (χ0) is 17.9. The van der Waals surface area contributed by atoms with Crippen molar-refractivity contribution in [1.29, 1.82) is 0 Å². The molecule has 7 heteroatoms. The van der Waals surface area contributed by atoms with Gasteiger partial charge in [0.2, 0.25) is 5.91 Å². The van der Waals surface area contributed by atoms with Crippen LogP contribution in [0.3, 0.4) is 0 Å². The van der Waals surface area contributed by atoms with E-state index in [9.17, 15) is 18.8 Å². The molecule has 0 aromatic heterocycles. The smallest absolute Gasteiger partial charge is 0.335 e. The van der Waals surface area contributed by atoms with Gasteiger partial charge in [-0.1, -0.05) is 13.8 Å². The minimum Gasteiger partial charge on any atom is -0.478 e. The summed E-state index contributed by atoms with van der Waals surface area (Å²) in [7, 11) is 0. The lowest BCUT2D eigenvalue weighted by Crippen LogP contribution is -2.47. The molecule has 0 unspecified atom stereocenters. The molecule has 0 aliphatic carbocycles. The maximum absolute atomic E-state index is 14.0. The van der Waals surface area contributed by atoms with E-state index < -0.39 is 17.7 Å². The SMILES string of the molecule is CC(C)C(=O)NC1CCN(C(=O)c2ccc(C(=O)O)cc2F)CC1. The Kier molecular flexibility index (Phi) is 5.54. The van der Waals surface area contributed by atoms with Crippen molar-refractivity contribution in [3.05, 3.63) is 35.1 Å². The molecule has 0 saturated carbocycles. The fraction of sp³-hybridized carbons (Fsp3) is 0.471. The van der Waals surface area contributed by atoms with Gasteiger partial charge in [0.25, 0.3) is 5.91 Å². The number of carboxylic acids is 1. The van der Waals surface area contributed by atoms with Gasteiger partial charge in [0.05, 0.1) is 11.1 Å². The Bertz CT molecular complexity index is 652. The molecule has 24 heavy (non-hydrogen) atoms. The molecule has 1 heterocycles. The highest BCUT2D eigenvalue weighted by molar-refractivity contribution is 5.96. The Morgan fingerprint density at radius 2 is 1.88 bits per heavy atom. The van der Waals surface area contributed by atoms with Gasteiger partial charge in [-0.25, -0.2) is 9.18 Å². The second-order valence-electron chi connectivity index (χ2n) is 6.23. The summed E-state index contributed by atoms with van der Waals surface area (Å²) in [6.07, 6.45) is 1.22. The van der Waals surface area contributed by atoms with Crippen molar-refractivity contribution in [2.24, 2.45) is 5.92 Å².